The summed E-state index contributed by atoms with van der Waals surface area (Å²) in [5, 5.41) is 9.56. The van der Waals surface area contributed by atoms with Crippen LogP contribution in [0.2, 0.25) is 0 Å². The third kappa shape index (κ3) is 1.72. The number of hydrogen-bond donors (Lipinski definition) is 1. The first-order chi connectivity index (χ1) is 8.10. The van der Waals surface area contributed by atoms with E-state index < -0.39 is 18.2 Å². The molecule has 0 spiro atoms. The molecular formula is C12H14O5. The number of carbonyl (C=O) groups excluding carboxylic acids is 1. The van der Waals surface area contributed by atoms with Gasteiger partial charge in [-0.25, -0.2) is 4.79 Å². The molecule has 0 saturated heterocycles. The highest BCUT2D eigenvalue weighted by atomic mass is 16.6. The fraction of sp³-hybridized carbons (Fsp3) is 0.417. The largest absolute Gasteiger partial charge is 0.493 e. The van der Waals surface area contributed by atoms with E-state index in [-0.39, 0.29) is 0 Å². The van der Waals surface area contributed by atoms with E-state index in [0.29, 0.717) is 22.6 Å². The number of cyclic esters (lactones) is 1. The van der Waals surface area contributed by atoms with E-state index in [1.54, 1.807) is 19.1 Å². The summed E-state index contributed by atoms with van der Waals surface area (Å²) in [5.41, 5.74) is 0.959. The summed E-state index contributed by atoms with van der Waals surface area (Å²) in [4.78, 5) is 11.8. The van der Waals surface area contributed by atoms with E-state index >= 15 is 0 Å². The lowest BCUT2D eigenvalue weighted by atomic mass is 10.0. The number of hydrogen-bond acceptors (Lipinski definition) is 5. The van der Waals surface area contributed by atoms with Crippen molar-refractivity contribution in [1.82, 2.24) is 0 Å². The second-order valence-corrected chi connectivity index (χ2v) is 3.83. The fourth-order valence-corrected chi connectivity index (χ4v) is 1.99. The van der Waals surface area contributed by atoms with Gasteiger partial charge in [0.2, 0.25) is 0 Å². The molecule has 1 heterocycles. The number of benzene rings is 1. The van der Waals surface area contributed by atoms with Crippen molar-refractivity contribution in [2.24, 2.45) is 0 Å². The lowest BCUT2D eigenvalue weighted by molar-refractivity contribution is -0.00279. The van der Waals surface area contributed by atoms with Gasteiger partial charge in [0, 0.05) is 5.56 Å². The molecule has 92 valence electrons. The molecule has 5 nitrogen and oxygen atoms in total. The van der Waals surface area contributed by atoms with Gasteiger partial charge in [-0.1, -0.05) is 6.07 Å². The minimum absolute atomic E-state index is 0.331. The number of fused-ring (bicyclic) bond motifs is 1. The summed E-state index contributed by atoms with van der Waals surface area (Å²) in [6, 6.07) is 3.40. The van der Waals surface area contributed by atoms with Crippen LogP contribution in [0.1, 0.15) is 28.9 Å². The standard InChI is InChI=1S/C12H14O5/c1-6(13)10-7-4-5-8(15-2)11(16-3)9(7)12(14)17-10/h4-6,10,13H,1-3H3. The van der Waals surface area contributed by atoms with Crippen LogP contribution >= 0.6 is 0 Å². The Morgan fingerprint density at radius 1 is 1.35 bits per heavy atom. The fourth-order valence-electron chi connectivity index (χ4n) is 1.99. The van der Waals surface area contributed by atoms with Crippen LogP contribution in [0.3, 0.4) is 0 Å². The third-order valence-corrected chi connectivity index (χ3v) is 2.76. The Kier molecular flexibility index (Phi) is 2.93. The summed E-state index contributed by atoms with van der Waals surface area (Å²) in [6.07, 6.45) is -1.41. The van der Waals surface area contributed by atoms with Crippen molar-refractivity contribution in [3.8, 4) is 11.5 Å². The van der Waals surface area contributed by atoms with Crippen LogP contribution in [0.25, 0.3) is 0 Å². The maximum Gasteiger partial charge on any atom is 0.343 e. The summed E-state index contributed by atoms with van der Waals surface area (Å²) in [5.74, 6) is 0.314. The van der Waals surface area contributed by atoms with Crippen molar-refractivity contribution >= 4 is 5.97 Å². The molecule has 0 radical (unpaired) electrons. The van der Waals surface area contributed by atoms with Gasteiger partial charge in [0.1, 0.15) is 5.56 Å². The molecule has 1 aromatic carbocycles. The monoisotopic (exact) mass is 238 g/mol. The van der Waals surface area contributed by atoms with Crippen LogP contribution in [0.5, 0.6) is 11.5 Å². The summed E-state index contributed by atoms with van der Waals surface area (Å²) >= 11 is 0. The Morgan fingerprint density at radius 3 is 2.59 bits per heavy atom. The van der Waals surface area contributed by atoms with Gasteiger partial charge in [0.25, 0.3) is 0 Å². The molecule has 1 aliphatic heterocycles. The smallest absolute Gasteiger partial charge is 0.343 e. The number of ether oxygens (including phenoxy) is 3. The van der Waals surface area contributed by atoms with Crippen molar-refractivity contribution in [1.29, 1.82) is 0 Å². The first kappa shape index (κ1) is 11.7. The molecule has 1 aromatic rings. The van der Waals surface area contributed by atoms with Gasteiger partial charge in [-0.15, -0.1) is 0 Å². The molecule has 0 saturated carbocycles. The zero-order valence-corrected chi connectivity index (χ0v) is 9.89. The van der Waals surface area contributed by atoms with Crippen molar-refractivity contribution in [3.05, 3.63) is 23.3 Å². The lowest BCUT2D eigenvalue weighted by Gasteiger charge is -2.14. The van der Waals surface area contributed by atoms with E-state index in [2.05, 4.69) is 0 Å². The van der Waals surface area contributed by atoms with Gasteiger partial charge in [-0.2, -0.15) is 0 Å². The van der Waals surface area contributed by atoms with Crippen LogP contribution in [-0.2, 0) is 4.74 Å². The molecule has 0 bridgehead atoms. The molecule has 5 heteroatoms. The molecule has 0 amide bonds. The van der Waals surface area contributed by atoms with Crippen molar-refractivity contribution in [3.63, 3.8) is 0 Å². The first-order valence-corrected chi connectivity index (χ1v) is 5.24. The molecule has 1 N–H and O–H groups in total. The molecule has 0 aromatic heterocycles. The van der Waals surface area contributed by atoms with Gasteiger partial charge < -0.3 is 19.3 Å². The maximum atomic E-state index is 11.8. The minimum Gasteiger partial charge on any atom is -0.493 e. The molecule has 1 aliphatic rings. The highest BCUT2D eigenvalue weighted by molar-refractivity contribution is 5.98. The second-order valence-electron chi connectivity index (χ2n) is 3.83. The normalized spacial score (nSPS) is 19.5. The zero-order valence-electron chi connectivity index (χ0n) is 9.89. The topological polar surface area (TPSA) is 65.0 Å². The Bertz CT molecular complexity index is 452. The number of carbonyl (C=O) groups is 1. The summed E-state index contributed by atoms with van der Waals surface area (Å²) in [7, 11) is 2.96. The van der Waals surface area contributed by atoms with E-state index in [9.17, 15) is 9.90 Å². The van der Waals surface area contributed by atoms with Crippen LogP contribution in [0.15, 0.2) is 12.1 Å². The predicted octanol–water partition coefficient (Wildman–Crippen LogP) is 1.30. The lowest BCUT2D eigenvalue weighted by Crippen LogP contribution is -2.14. The number of aliphatic hydroxyl groups is 1. The van der Waals surface area contributed by atoms with Gasteiger partial charge in [-0.05, 0) is 13.0 Å². The van der Waals surface area contributed by atoms with E-state index in [0.717, 1.165) is 0 Å². The third-order valence-electron chi connectivity index (χ3n) is 2.76. The van der Waals surface area contributed by atoms with E-state index in [4.69, 9.17) is 14.2 Å². The van der Waals surface area contributed by atoms with Gasteiger partial charge >= 0.3 is 5.97 Å². The number of aliphatic hydroxyl groups excluding tert-OH is 1. The Hall–Kier alpha value is -1.75. The van der Waals surface area contributed by atoms with Gasteiger partial charge in [0.05, 0.1) is 20.3 Å². The second kappa shape index (κ2) is 4.25. The molecule has 2 atom stereocenters. The molecule has 0 fully saturated rings. The van der Waals surface area contributed by atoms with Crippen LogP contribution in [0, 0.1) is 0 Å². The van der Waals surface area contributed by atoms with Crippen LogP contribution < -0.4 is 9.47 Å². The van der Waals surface area contributed by atoms with Crippen molar-refractivity contribution in [2.45, 2.75) is 19.1 Å². The average molecular weight is 238 g/mol. The van der Waals surface area contributed by atoms with Crippen molar-refractivity contribution in [2.75, 3.05) is 14.2 Å². The summed E-state index contributed by atoms with van der Waals surface area (Å²) < 4.78 is 15.4. The zero-order chi connectivity index (χ0) is 12.6. The Balaban J connectivity index is 2.59. The van der Waals surface area contributed by atoms with E-state index in [1.807, 2.05) is 0 Å². The maximum absolute atomic E-state index is 11.8. The molecular weight excluding hydrogens is 224 g/mol. The molecule has 17 heavy (non-hydrogen) atoms. The summed E-state index contributed by atoms with van der Waals surface area (Å²) in [6.45, 7) is 1.57. The Morgan fingerprint density at radius 2 is 2.06 bits per heavy atom. The number of esters is 1. The number of methoxy groups -OCH3 is 2. The predicted molar refractivity (Wildman–Crippen MR) is 59.4 cm³/mol. The van der Waals surface area contributed by atoms with Gasteiger partial charge in [-0.3, -0.25) is 0 Å². The molecule has 2 rings (SSSR count). The quantitative estimate of drug-likeness (QED) is 0.804. The SMILES string of the molecule is COc1ccc2c(c1OC)C(=O)OC2C(C)O. The average Bonchev–Trinajstić information content (AvgIpc) is 2.66. The van der Waals surface area contributed by atoms with E-state index in [1.165, 1.54) is 14.2 Å². The highest BCUT2D eigenvalue weighted by Crippen LogP contribution is 2.42. The minimum atomic E-state index is -0.765. The highest BCUT2D eigenvalue weighted by Gasteiger charge is 2.37. The molecule has 0 aliphatic carbocycles. The van der Waals surface area contributed by atoms with Gasteiger partial charge in [0.15, 0.2) is 17.6 Å². The van der Waals surface area contributed by atoms with Crippen molar-refractivity contribution < 1.29 is 24.1 Å². The van der Waals surface area contributed by atoms with Crippen LogP contribution in [-0.4, -0.2) is 31.4 Å². The Labute approximate surface area is 98.9 Å². The first-order valence-electron chi connectivity index (χ1n) is 5.24. The van der Waals surface area contributed by atoms with Crippen LogP contribution in [0.4, 0.5) is 0 Å². The molecule has 2 unspecified atom stereocenters. The number of rotatable bonds is 3.